The average molecular weight is 855 g/mol. The molecule has 62 heavy (non-hydrogen) atoms. The monoisotopic (exact) mass is 854 g/mol. The van der Waals surface area contributed by atoms with Crippen LogP contribution in [0.3, 0.4) is 0 Å². The van der Waals surface area contributed by atoms with Gasteiger partial charge in [0.2, 0.25) is 0 Å². The van der Waals surface area contributed by atoms with Crippen molar-refractivity contribution in [2.24, 2.45) is 0 Å². The van der Waals surface area contributed by atoms with Crippen molar-refractivity contribution < 1.29 is 76.8 Å². The van der Waals surface area contributed by atoms with Crippen molar-refractivity contribution >= 4 is 23.9 Å². The van der Waals surface area contributed by atoms with E-state index >= 15 is 0 Å². The molecule has 0 saturated heterocycles. The molecule has 0 saturated carbocycles. The number of phenolic OH excluding ortho intramolecular Hbond substituents is 2. The summed E-state index contributed by atoms with van der Waals surface area (Å²) in [6.07, 6.45) is -2.93. The van der Waals surface area contributed by atoms with Crippen molar-refractivity contribution in [2.75, 3.05) is 66.1 Å². The first kappa shape index (κ1) is 45.8. The number of ether oxygens (including phenoxy) is 10. The minimum Gasteiger partial charge on any atom is -0.508 e. The Morgan fingerprint density at radius 2 is 0.677 bits per heavy atom. The summed E-state index contributed by atoms with van der Waals surface area (Å²) < 4.78 is 55.4. The van der Waals surface area contributed by atoms with Gasteiger partial charge in [0, 0.05) is 11.1 Å². The molecule has 5 aromatic rings. The summed E-state index contributed by atoms with van der Waals surface area (Å²) in [5, 5.41) is 22.7. The lowest BCUT2D eigenvalue weighted by Crippen LogP contribution is -2.26. The van der Waals surface area contributed by atoms with E-state index in [4.69, 9.17) is 47.4 Å². The summed E-state index contributed by atoms with van der Waals surface area (Å²) in [7, 11) is 0. The van der Waals surface area contributed by atoms with E-state index in [0.717, 1.165) is 12.1 Å². The van der Waals surface area contributed by atoms with Gasteiger partial charge >= 0.3 is 23.9 Å². The fourth-order valence-corrected chi connectivity index (χ4v) is 5.56. The van der Waals surface area contributed by atoms with Crippen molar-refractivity contribution in [1.29, 1.82) is 0 Å². The first-order valence-electron chi connectivity index (χ1n) is 19.4. The van der Waals surface area contributed by atoms with Crippen molar-refractivity contribution in [3.8, 4) is 34.5 Å². The van der Waals surface area contributed by atoms with E-state index in [-0.39, 0.29) is 50.8 Å². The first-order valence-corrected chi connectivity index (χ1v) is 19.4. The van der Waals surface area contributed by atoms with Gasteiger partial charge in [-0.3, -0.25) is 0 Å². The third-order valence-corrected chi connectivity index (χ3v) is 8.35. The molecule has 0 aromatic heterocycles. The Hall–Kier alpha value is -7.30. The van der Waals surface area contributed by atoms with Gasteiger partial charge in [0.05, 0.1) is 26.4 Å². The zero-order valence-corrected chi connectivity index (χ0v) is 33.5. The lowest BCUT2D eigenvalue weighted by Gasteiger charge is -2.27. The largest absolute Gasteiger partial charge is 0.508 e. The Labute approximate surface area is 357 Å². The third-order valence-electron chi connectivity index (χ3n) is 8.35. The number of carbonyl (C=O) groups excluding carboxylic acids is 4. The molecule has 2 unspecified atom stereocenters. The van der Waals surface area contributed by atoms with Gasteiger partial charge in [0.25, 0.3) is 0 Å². The minimum absolute atomic E-state index is 0.186. The van der Waals surface area contributed by atoms with Crippen LogP contribution in [0.4, 0.5) is 0 Å². The van der Waals surface area contributed by atoms with E-state index in [9.17, 15) is 29.4 Å². The van der Waals surface area contributed by atoms with Gasteiger partial charge in [-0.1, -0.05) is 72.8 Å². The van der Waals surface area contributed by atoms with Gasteiger partial charge < -0.3 is 57.6 Å². The molecule has 0 bridgehead atoms. The van der Waals surface area contributed by atoms with Crippen molar-refractivity contribution in [3.63, 3.8) is 0 Å². The summed E-state index contributed by atoms with van der Waals surface area (Å²) >= 11 is 0. The van der Waals surface area contributed by atoms with Crippen LogP contribution in [-0.2, 0) is 47.6 Å². The normalized spacial score (nSPS) is 11.6. The molecule has 0 amide bonds. The van der Waals surface area contributed by atoms with Gasteiger partial charge in [-0.25, -0.2) is 19.2 Å². The number of benzene rings is 5. The SMILES string of the molecule is O=C(COc1ccccc1)OCCOCC(OC(=O)COc1ccccc1)c1c(O)ccc(O)c1C(COCCOC(=O)COc1ccccc1)OC(=O)COc1ccccc1. The molecular weight excluding hydrogens is 808 g/mol. The molecule has 0 fully saturated rings. The van der Waals surface area contributed by atoms with Crippen molar-refractivity contribution in [3.05, 3.63) is 145 Å². The number of carbonyl (C=O) groups is 4. The maximum atomic E-state index is 13.3. The smallest absolute Gasteiger partial charge is 0.344 e. The number of hydrogen-bond acceptors (Lipinski definition) is 16. The molecule has 2 N–H and O–H groups in total. The van der Waals surface area contributed by atoms with Gasteiger partial charge in [-0.05, 0) is 60.7 Å². The van der Waals surface area contributed by atoms with Crippen LogP contribution >= 0.6 is 0 Å². The quantitative estimate of drug-likeness (QED) is 0.0297. The minimum atomic E-state index is -1.46. The van der Waals surface area contributed by atoms with E-state index < -0.39 is 74.0 Å². The number of rotatable bonds is 26. The topological polar surface area (TPSA) is 201 Å². The van der Waals surface area contributed by atoms with E-state index in [1.165, 1.54) is 0 Å². The number of hydrogen-bond donors (Lipinski definition) is 2. The summed E-state index contributed by atoms with van der Waals surface area (Å²) in [6, 6.07) is 36.6. The molecule has 0 heterocycles. The molecule has 2 atom stereocenters. The molecule has 16 nitrogen and oxygen atoms in total. The highest BCUT2D eigenvalue weighted by atomic mass is 16.6. The molecule has 0 aliphatic rings. The Morgan fingerprint density at radius 1 is 0.387 bits per heavy atom. The van der Waals surface area contributed by atoms with Gasteiger partial charge in [-0.15, -0.1) is 0 Å². The molecular formula is C46H46O16. The second-order valence-corrected chi connectivity index (χ2v) is 12.9. The second kappa shape index (κ2) is 25.4. The van der Waals surface area contributed by atoms with E-state index in [0.29, 0.717) is 23.0 Å². The zero-order chi connectivity index (χ0) is 43.8. The van der Waals surface area contributed by atoms with Crippen molar-refractivity contribution in [2.45, 2.75) is 12.2 Å². The number of esters is 4. The Balaban J connectivity index is 1.29. The van der Waals surface area contributed by atoms with Crippen LogP contribution in [0.2, 0.25) is 0 Å². The Bertz CT molecular complexity index is 1970. The van der Waals surface area contributed by atoms with Crippen LogP contribution in [0.25, 0.3) is 0 Å². The third kappa shape index (κ3) is 16.0. The fraction of sp³-hybridized carbons (Fsp3) is 0.261. The van der Waals surface area contributed by atoms with Crippen molar-refractivity contribution in [1.82, 2.24) is 0 Å². The first-order chi connectivity index (χ1) is 30.2. The van der Waals surface area contributed by atoms with Crippen LogP contribution in [0, 0.1) is 0 Å². The fourth-order valence-electron chi connectivity index (χ4n) is 5.56. The Morgan fingerprint density at radius 3 is 0.984 bits per heavy atom. The molecule has 0 aliphatic heterocycles. The van der Waals surface area contributed by atoms with Crippen LogP contribution in [-0.4, -0.2) is 100 Å². The van der Waals surface area contributed by atoms with Gasteiger partial charge in [-0.2, -0.15) is 0 Å². The highest BCUT2D eigenvalue weighted by Crippen LogP contribution is 2.41. The summed E-state index contributed by atoms with van der Waals surface area (Å²) in [5.41, 5.74) is -0.387. The standard InChI is InChI=1S/C46H46O16/c47-37-21-22-38(48)46(40(62-44(52)32-60-36-19-11-4-12-20-36)28-54-24-26-56-42(50)30-58-34-15-7-2-8-16-34)45(37)39(61-43(51)31-59-35-17-9-3-10-18-35)27-53-23-25-55-41(49)29-57-33-13-5-1-6-14-33/h1-22,39-40,47-48H,23-32H2. The zero-order valence-electron chi connectivity index (χ0n) is 33.5. The molecule has 0 spiro atoms. The van der Waals surface area contributed by atoms with Crippen LogP contribution in [0.1, 0.15) is 23.3 Å². The summed E-state index contributed by atoms with van der Waals surface area (Å²) in [6.45, 7) is -3.51. The molecule has 16 heteroatoms. The summed E-state index contributed by atoms with van der Waals surface area (Å²) in [4.78, 5) is 51.1. The Kier molecular flexibility index (Phi) is 18.7. The number of aromatic hydroxyl groups is 2. The van der Waals surface area contributed by atoms with E-state index in [1.54, 1.807) is 121 Å². The maximum Gasteiger partial charge on any atom is 0.344 e. The summed E-state index contributed by atoms with van der Waals surface area (Å²) in [5.74, 6) is -2.32. The molecule has 326 valence electrons. The molecule has 5 rings (SSSR count). The van der Waals surface area contributed by atoms with Crippen LogP contribution in [0.15, 0.2) is 133 Å². The molecule has 0 aliphatic carbocycles. The van der Waals surface area contributed by atoms with E-state index in [2.05, 4.69) is 0 Å². The van der Waals surface area contributed by atoms with Crippen LogP contribution in [0.5, 0.6) is 34.5 Å². The maximum absolute atomic E-state index is 13.3. The predicted molar refractivity (Wildman–Crippen MR) is 219 cm³/mol. The lowest BCUT2D eigenvalue weighted by molar-refractivity contribution is -0.159. The van der Waals surface area contributed by atoms with Gasteiger partial charge in [0.15, 0.2) is 38.6 Å². The highest BCUT2D eigenvalue weighted by Gasteiger charge is 2.32. The van der Waals surface area contributed by atoms with E-state index in [1.807, 2.05) is 0 Å². The molecule has 0 radical (unpaired) electrons. The molecule has 5 aromatic carbocycles. The number of phenols is 2. The van der Waals surface area contributed by atoms with Gasteiger partial charge in [0.1, 0.15) is 47.7 Å². The average Bonchev–Trinajstić information content (AvgIpc) is 3.30. The second-order valence-electron chi connectivity index (χ2n) is 12.9. The lowest BCUT2D eigenvalue weighted by atomic mass is 9.96. The number of para-hydroxylation sites is 4. The van der Waals surface area contributed by atoms with Crippen LogP contribution < -0.4 is 18.9 Å². The highest BCUT2D eigenvalue weighted by molar-refractivity contribution is 5.73. The predicted octanol–water partition coefficient (Wildman–Crippen LogP) is 5.70.